The number of rotatable bonds is 1. The van der Waals surface area contributed by atoms with Crippen LogP contribution in [0.3, 0.4) is 0 Å². The third-order valence-corrected chi connectivity index (χ3v) is 2.01. The molecule has 14 heavy (non-hydrogen) atoms. The van der Waals surface area contributed by atoms with Crippen molar-refractivity contribution in [1.29, 1.82) is 0 Å². The van der Waals surface area contributed by atoms with E-state index in [4.69, 9.17) is 5.73 Å². The molecule has 0 saturated carbocycles. The summed E-state index contributed by atoms with van der Waals surface area (Å²) in [6.45, 7) is 0. The van der Waals surface area contributed by atoms with Gasteiger partial charge in [0.15, 0.2) is 5.82 Å². The fourth-order valence-electron chi connectivity index (χ4n) is 1.19. The van der Waals surface area contributed by atoms with E-state index < -0.39 is 0 Å². The maximum absolute atomic E-state index is 12.6. The first-order chi connectivity index (χ1) is 6.68. The Labute approximate surface area is 80.2 Å². The Morgan fingerprint density at radius 2 is 1.86 bits per heavy atom. The second kappa shape index (κ2) is 3.10. The van der Waals surface area contributed by atoms with Crippen molar-refractivity contribution in [2.75, 3.05) is 5.73 Å². The third-order valence-electron chi connectivity index (χ3n) is 2.01. The molecule has 0 radical (unpaired) electrons. The summed E-state index contributed by atoms with van der Waals surface area (Å²) in [5, 5.41) is 7.59. The van der Waals surface area contributed by atoms with Gasteiger partial charge in [-0.25, -0.2) is 4.39 Å². The molecule has 2 rings (SSSR count). The van der Waals surface area contributed by atoms with Gasteiger partial charge in [0.25, 0.3) is 0 Å². The van der Waals surface area contributed by atoms with Gasteiger partial charge in [0.1, 0.15) is 5.82 Å². The minimum atomic E-state index is -0.274. The van der Waals surface area contributed by atoms with E-state index >= 15 is 0 Å². The van der Waals surface area contributed by atoms with Crippen molar-refractivity contribution in [3.05, 3.63) is 30.1 Å². The van der Waals surface area contributed by atoms with E-state index in [2.05, 4.69) is 10.2 Å². The number of benzene rings is 1. The van der Waals surface area contributed by atoms with Crippen LogP contribution < -0.4 is 5.73 Å². The standard InChI is InChI=1S/C9H9FN4/c1-14-8(12-13-9(14)11)6-2-4-7(10)5-3-6/h2-5H,1H3,(H2,11,13). The summed E-state index contributed by atoms with van der Waals surface area (Å²) in [5.41, 5.74) is 6.31. The number of nitrogens with zero attached hydrogens (tertiary/aromatic N) is 3. The zero-order valence-electron chi connectivity index (χ0n) is 7.61. The quantitative estimate of drug-likeness (QED) is 0.738. The summed E-state index contributed by atoms with van der Waals surface area (Å²) < 4.78 is 14.3. The normalized spacial score (nSPS) is 10.4. The molecule has 1 heterocycles. The fraction of sp³-hybridized carbons (Fsp3) is 0.111. The van der Waals surface area contributed by atoms with E-state index in [1.54, 1.807) is 23.7 Å². The molecule has 72 valence electrons. The first kappa shape index (κ1) is 8.68. The van der Waals surface area contributed by atoms with E-state index in [9.17, 15) is 4.39 Å². The summed E-state index contributed by atoms with van der Waals surface area (Å²) >= 11 is 0. The number of aromatic nitrogens is 3. The van der Waals surface area contributed by atoms with Crippen LogP contribution in [0, 0.1) is 5.82 Å². The van der Waals surface area contributed by atoms with Crippen molar-refractivity contribution in [2.45, 2.75) is 0 Å². The van der Waals surface area contributed by atoms with Crippen molar-refractivity contribution >= 4 is 5.95 Å². The summed E-state index contributed by atoms with van der Waals surface area (Å²) in [6.07, 6.45) is 0. The maximum atomic E-state index is 12.6. The predicted octanol–water partition coefficient (Wildman–Crippen LogP) is 1.20. The lowest BCUT2D eigenvalue weighted by molar-refractivity contribution is 0.628. The molecule has 0 saturated heterocycles. The number of nitrogen functional groups attached to an aromatic ring is 1. The van der Waals surface area contributed by atoms with Crippen molar-refractivity contribution in [2.24, 2.45) is 7.05 Å². The molecule has 0 aliphatic heterocycles. The van der Waals surface area contributed by atoms with Gasteiger partial charge in [0, 0.05) is 12.6 Å². The fourth-order valence-corrected chi connectivity index (χ4v) is 1.19. The Morgan fingerprint density at radius 3 is 2.36 bits per heavy atom. The van der Waals surface area contributed by atoms with E-state index in [0.29, 0.717) is 11.8 Å². The first-order valence-corrected chi connectivity index (χ1v) is 4.09. The van der Waals surface area contributed by atoms with Gasteiger partial charge >= 0.3 is 0 Å². The molecule has 5 heteroatoms. The SMILES string of the molecule is Cn1c(N)nnc1-c1ccc(F)cc1. The van der Waals surface area contributed by atoms with Crippen molar-refractivity contribution in [1.82, 2.24) is 14.8 Å². The van der Waals surface area contributed by atoms with Crippen LogP contribution >= 0.6 is 0 Å². The lowest BCUT2D eigenvalue weighted by atomic mass is 10.2. The number of halogens is 1. The minimum Gasteiger partial charge on any atom is -0.368 e. The second-order valence-corrected chi connectivity index (χ2v) is 2.95. The second-order valence-electron chi connectivity index (χ2n) is 2.95. The number of nitrogens with two attached hydrogens (primary N) is 1. The van der Waals surface area contributed by atoms with Crippen LogP contribution in [-0.4, -0.2) is 14.8 Å². The molecule has 0 fully saturated rings. The van der Waals surface area contributed by atoms with Gasteiger partial charge in [-0.15, -0.1) is 10.2 Å². The van der Waals surface area contributed by atoms with Crippen LogP contribution in [0.1, 0.15) is 0 Å². The molecule has 0 bridgehead atoms. The zero-order chi connectivity index (χ0) is 10.1. The lowest BCUT2D eigenvalue weighted by Crippen LogP contribution is -1.98. The first-order valence-electron chi connectivity index (χ1n) is 4.09. The molecule has 0 atom stereocenters. The Morgan fingerprint density at radius 1 is 1.21 bits per heavy atom. The molecule has 1 aromatic carbocycles. The predicted molar refractivity (Wildman–Crippen MR) is 50.8 cm³/mol. The monoisotopic (exact) mass is 192 g/mol. The molecule has 2 N–H and O–H groups in total. The molecule has 2 aromatic rings. The molecule has 0 aliphatic rings. The number of hydrogen-bond donors (Lipinski definition) is 1. The summed E-state index contributed by atoms with van der Waals surface area (Å²) in [7, 11) is 1.76. The van der Waals surface area contributed by atoms with Gasteiger partial charge in [0.05, 0.1) is 0 Å². The van der Waals surface area contributed by atoms with Crippen LogP contribution in [-0.2, 0) is 7.05 Å². The van der Waals surface area contributed by atoms with Crippen LogP contribution in [0.4, 0.5) is 10.3 Å². The minimum absolute atomic E-state index is 0.274. The molecule has 0 spiro atoms. The van der Waals surface area contributed by atoms with Gasteiger partial charge in [-0.3, -0.25) is 4.57 Å². The van der Waals surface area contributed by atoms with Crippen molar-refractivity contribution in [3.63, 3.8) is 0 Å². The van der Waals surface area contributed by atoms with Crippen LogP contribution in [0.25, 0.3) is 11.4 Å². The highest BCUT2D eigenvalue weighted by Crippen LogP contribution is 2.17. The average molecular weight is 192 g/mol. The average Bonchev–Trinajstić information content (AvgIpc) is 2.50. The smallest absolute Gasteiger partial charge is 0.222 e. The maximum Gasteiger partial charge on any atom is 0.222 e. The van der Waals surface area contributed by atoms with Crippen LogP contribution in [0.5, 0.6) is 0 Å². The van der Waals surface area contributed by atoms with E-state index in [0.717, 1.165) is 5.56 Å². The Balaban J connectivity index is 2.49. The Hall–Kier alpha value is -1.91. The molecule has 0 aliphatic carbocycles. The number of hydrogen-bond acceptors (Lipinski definition) is 3. The van der Waals surface area contributed by atoms with Crippen LogP contribution in [0.2, 0.25) is 0 Å². The molecular weight excluding hydrogens is 183 g/mol. The van der Waals surface area contributed by atoms with E-state index in [1.165, 1.54) is 12.1 Å². The Kier molecular flexibility index (Phi) is 1.92. The van der Waals surface area contributed by atoms with Crippen molar-refractivity contribution < 1.29 is 4.39 Å². The molecule has 4 nitrogen and oxygen atoms in total. The zero-order valence-corrected chi connectivity index (χ0v) is 7.61. The van der Waals surface area contributed by atoms with Gasteiger partial charge in [-0.1, -0.05) is 0 Å². The van der Waals surface area contributed by atoms with E-state index in [-0.39, 0.29) is 5.82 Å². The topological polar surface area (TPSA) is 56.7 Å². The highest BCUT2D eigenvalue weighted by Gasteiger charge is 2.07. The highest BCUT2D eigenvalue weighted by molar-refractivity contribution is 5.56. The largest absolute Gasteiger partial charge is 0.368 e. The van der Waals surface area contributed by atoms with Gasteiger partial charge < -0.3 is 5.73 Å². The summed E-state index contributed by atoms with van der Waals surface area (Å²) in [6, 6.07) is 6.03. The molecule has 0 unspecified atom stereocenters. The Bertz CT molecular complexity index is 446. The molecular formula is C9H9FN4. The van der Waals surface area contributed by atoms with Gasteiger partial charge in [-0.05, 0) is 24.3 Å². The summed E-state index contributed by atoms with van der Waals surface area (Å²) in [5.74, 6) is 0.690. The van der Waals surface area contributed by atoms with Gasteiger partial charge in [0.2, 0.25) is 5.95 Å². The highest BCUT2D eigenvalue weighted by atomic mass is 19.1. The van der Waals surface area contributed by atoms with Gasteiger partial charge in [-0.2, -0.15) is 0 Å². The molecule has 1 aromatic heterocycles. The lowest BCUT2D eigenvalue weighted by Gasteiger charge is -2.00. The number of anilines is 1. The third kappa shape index (κ3) is 1.32. The summed E-state index contributed by atoms with van der Waals surface area (Å²) in [4.78, 5) is 0. The molecule has 0 amide bonds. The van der Waals surface area contributed by atoms with E-state index in [1.807, 2.05) is 0 Å². The van der Waals surface area contributed by atoms with Crippen molar-refractivity contribution in [3.8, 4) is 11.4 Å². The van der Waals surface area contributed by atoms with Crippen LogP contribution in [0.15, 0.2) is 24.3 Å².